The van der Waals surface area contributed by atoms with Crippen LogP contribution in [0.5, 0.6) is 5.75 Å². The molecule has 0 radical (unpaired) electrons. The van der Waals surface area contributed by atoms with Crippen molar-refractivity contribution in [2.45, 2.75) is 85.0 Å². The van der Waals surface area contributed by atoms with Gasteiger partial charge in [-0.1, -0.05) is 108 Å². The molecule has 0 saturated heterocycles. The molecule has 0 amide bonds. The van der Waals surface area contributed by atoms with Crippen molar-refractivity contribution in [2.75, 3.05) is 0 Å². The van der Waals surface area contributed by atoms with Crippen molar-refractivity contribution in [1.29, 1.82) is 5.26 Å². The molecule has 194 valence electrons. The van der Waals surface area contributed by atoms with E-state index in [1.807, 2.05) is 24.3 Å². The molecule has 0 aliphatic rings. The van der Waals surface area contributed by atoms with E-state index in [1.165, 1.54) is 50.5 Å². The lowest BCUT2D eigenvalue weighted by atomic mass is 9.91. The van der Waals surface area contributed by atoms with Gasteiger partial charge in [0.15, 0.2) is 0 Å². The third-order valence-corrected chi connectivity index (χ3v) is 7.16. The zero-order valence-corrected chi connectivity index (χ0v) is 22.8. The molecule has 3 rings (SSSR count). The van der Waals surface area contributed by atoms with Crippen LogP contribution < -0.4 is 4.74 Å². The van der Waals surface area contributed by atoms with Gasteiger partial charge in [-0.3, -0.25) is 0 Å². The molecule has 0 spiro atoms. The molecular weight excluding hydrogens is 454 g/mol. The monoisotopic (exact) mass is 495 g/mol. The largest absolute Gasteiger partial charge is 0.422 e. The van der Waals surface area contributed by atoms with Gasteiger partial charge >= 0.3 is 5.97 Å². The second-order valence-electron chi connectivity index (χ2n) is 10.0. The summed E-state index contributed by atoms with van der Waals surface area (Å²) in [5.41, 5.74) is 5.55. The van der Waals surface area contributed by atoms with Crippen LogP contribution in [0.3, 0.4) is 0 Å². The second kappa shape index (κ2) is 15.0. The fraction of sp³-hybridized carbons (Fsp3) is 0.412. The van der Waals surface area contributed by atoms with Crippen molar-refractivity contribution in [3.8, 4) is 22.9 Å². The van der Waals surface area contributed by atoms with Crippen LogP contribution >= 0.6 is 0 Å². The topological polar surface area (TPSA) is 50.1 Å². The third kappa shape index (κ3) is 8.60. The molecule has 3 aromatic rings. The number of hydrogen-bond donors (Lipinski definition) is 0. The second-order valence-corrected chi connectivity index (χ2v) is 10.0. The Morgan fingerprint density at radius 1 is 0.811 bits per heavy atom. The van der Waals surface area contributed by atoms with Gasteiger partial charge in [0.25, 0.3) is 0 Å². The van der Waals surface area contributed by atoms with Gasteiger partial charge < -0.3 is 4.74 Å². The van der Waals surface area contributed by atoms with Crippen LogP contribution in [0.25, 0.3) is 11.1 Å². The summed E-state index contributed by atoms with van der Waals surface area (Å²) in [6.45, 7) is 6.67. The molecule has 3 nitrogen and oxygen atoms in total. The molecule has 3 heteroatoms. The van der Waals surface area contributed by atoms with Gasteiger partial charge in [-0.05, 0) is 71.7 Å². The number of ether oxygens (including phenoxy) is 1. The van der Waals surface area contributed by atoms with E-state index < -0.39 is 5.97 Å². The minimum atomic E-state index is -0.451. The lowest BCUT2D eigenvalue weighted by Crippen LogP contribution is -2.10. The summed E-state index contributed by atoms with van der Waals surface area (Å²) >= 11 is 0. The average Bonchev–Trinajstić information content (AvgIpc) is 2.94. The highest BCUT2D eigenvalue weighted by Crippen LogP contribution is 2.26. The van der Waals surface area contributed by atoms with Crippen molar-refractivity contribution in [2.24, 2.45) is 5.92 Å². The molecule has 0 aliphatic carbocycles. The van der Waals surface area contributed by atoms with Gasteiger partial charge in [0, 0.05) is 0 Å². The van der Waals surface area contributed by atoms with Crippen molar-refractivity contribution < 1.29 is 9.53 Å². The van der Waals surface area contributed by atoms with Gasteiger partial charge in [0.05, 0.1) is 11.1 Å². The summed E-state index contributed by atoms with van der Waals surface area (Å²) in [4.78, 5) is 12.8. The molecule has 0 N–H and O–H groups in total. The number of rotatable bonds is 14. The minimum absolute atomic E-state index is 0.316. The van der Waals surface area contributed by atoms with Gasteiger partial charge in [-0.15, -0.1) is 0 Å². The maximum atomic E-state index is 12.8. The zero-order valence-electron chi connectivity index (χ0n) is 22.8. The Labute approximate surface area is 223 Å². The fourth-order valence-corrected chi connectivity index (χ4v) is 4.73. The van der Waals surface area contributed by atoms with Crippen LogP contribution in [0.4, 0.5) is 0 Å². The summed E-state index contributed by atoms with van der Waals surface area (Å²) < 4.78 is 5.63. The number of nitriles is 1. The number of carbonyl (C=O) groups excluding carboxylic acids is 1. The first kappa shape index (κ1) is 28.2. The summed E-state index contributed by atoms with van der Waals surface area (Å²) in [5.74, 6) is 0.476. The number of hydrogen-bond acceptors (Lipinski definition) is 3. The number of unbranched alkanes of at least 4 members (excludes halogenated alkanes) is 4. The molecule has 0 aliphatic heterocycles. The highest BCUT2D eigenvalue weighted by molar-refractivity contribution is 5.92. The number of esters is 1. The summed E-state index contributed by atoms with van der Waals surface area (Å²) in [6.07, 6.45) is 11.9. The highest BCUT2D eigenvalue weighted by atomic mass is 16.5. The molecule has 0 heterocycles. The highest BCUT2D eigenvalue weighted by Gasteiger charge is 2.14. The van der Waals surface area contributed by atoms with Crippen LogP contribution in [0.1, 0.15) is 99.2 Å². The number of nitrogens with zero attached hydrogens (tertiary/aromatic N) is 1. The van der Waals surface area contributed by atoms with Crippen LogP contribution in [0, 0.1) is 17.2 Å². The summed E-state index contributed by atoms with van der Waals surface area (Å²) in [5, 5.41) is 9.67. The van der Waals surface area contributed by atoms with Crippen LogP contribution in [0.15, 0.2) is 66.7 Å². The van der Waals surface area contributed by atoms with E-state index >= 15 is 0 Å². The number of benzene rings is 3. The standard InChI is InChI=1S/C34H41NO2/c1-4-7-9-10-12-27-13-16-29(17-14-27)30-18-20-31(21-19-30)34(36)37-33-22-15-28(24-32(33)25-35)23-26(6-3)11-8-5-2/h13-22,24,26H,4-12,23H2,1-3H3. The van der Waals surface area contributed by atoms with Crippen LogP contribution in [-0.4, -0.2) is 5.97 Å². The SMILES string of the molecule is CCCCCCc1ccc(-c2ccc(C(=O)Oc3ccc(CC(CC)CCCC)cc3C#N)cc2)cc1. The number of carbonyl (C=O) groups is 1. The van der Waals surface area contributed by atoms with Gasteiger partial charge in [-0.25, -0.2) is 4.79 Å². The first-order chi connectivity index (χ1) is 18.1. The van der Waals surface area contributed by atoms with E-state index in [4.69, 9.17) is 4.74 Å². The Kier molecular flexibility index (Phi) is 11.4. The molecule has 0 fully saturated rings. The average molecular weight is 496 g/mol. The number of aryl methyl sites for hydroxylation is 1. The Morgan fingerprint density at radius 2 is 1.46 bits per heavy atom. The van der Waals surface area contributed by atoms with Crippen molar-refractivity contribution >= 4 is 5.97 Å². The van der Waals surface area contributed by atoms with Gasteiger partial charge in [-0.2, -0.15) is 5.26 Å². The Morgan fingerprint density at radius 3 is 2.08 bits per heavy atom. The zero-order chi connectivity index (χ0) is 26.5. The molecule has 37 heavy (non-hydrogen) atoms. The van der Waals surface area contributed by atoms with E-state index in [0.717, 1.165) is 36.0 Å². The first-order valence-corrected chi connectivity index (χ1v) is 14.0. The lowest BCUT2D eigenvalue weighted by molar-refractivity contribution is 0.0734. The van der Waals surface area contributed by atoms with Crippen LogP contribution in [-0.2, 0) is 12.8 Å². The third-order valence-electron chi connectivity index (χ3n) is 7.16. The molecule has 0 bridgehead atoms. The predicted molar refractivity (Wildman–Crippen MR) is 153 cm³/mol. The van der Waals surface area contributed by atoms with Gasteiger partial charge in [0.2, 0.25) is 0 Å². The Bertz CT molecular complexity index is 1160. The normalized spacial score (nSPS) is 11.6. The lowest BCUT2D eigenvalue weighted by Gasteiger charge is -2.15. The van der Waals surface area contributed by atoms with E-state index in [9.17, 15) is 10.1 Å². The Balaban J connectivity index is 1.62. The molecule has 1 atom stereocenters. The van der Waals surface area contributed by atoms with E-state index in [0.29, 0.717) is 22.8 Å². The molecule has 0 saturated carbocycles. The van der Waals surface area contributed by atoms with E-state index in [1.54, 1.807) is 18.2 Å². The van der Waals surface area contributed by atoms with E-state index in [-0.39, 0.29) is 0 Å². The smallest absolute Gasteiger partial charge is 0.343 e. The molecule has 1 unspecified atom stereocenters. The predicted octanol–water partition coefficient (Wildman–Crippen LogP) is 9.33. The van der Waals surface area contributed by atoms with Crippen LogP contribution in [0.2, 0.25) is 0 Å². The van der Waals surface area contributed by atoms with Crippen molar-refractivity contribution in [3.05, 3.63) is 89.0 Å². The quantitative estimate of drug-likeness (QED) is 0.127. The maximum Gasteiger partial charge on any atom is 0.343 e. The Hall–Kier alpha value is -3.38. The fourth-order valence-electron chi connectivity index (χ4n) is 4.73. The molecular formula is C34H41NO2. The summed E-state index contributed by atoms with van der Waals surface area (Å²) in [6, 6.07) is 24.0. The summed E-state index contributed by atoms with van der Waals surface area (Å²) in [7, 11) is 0. The molecule has 0 aromatic heterocycles. The maximum absolute atomic E-state index is 12.8. The minimum Gasteiger partial charge on any atom is -0.422 e. The van der Waals surface area contributed by atoms with E-state index in [2.05, 4.69) is 51.1 Å². The van der Waals surface area contributed by atoms with Crippen molar-refractivity contribution in [3.63, 3.8) is 0 Å². The molecule has 3 aromatic carbocycles. The van der Waals surface area contributed by atoms with Crippen molar-refractivity contribution in [1.82, 2.24) is 0 Å². The van der Waals surface area contributed by atoms with Gasteiger partial charge in [0.1, 0.15) is 11.8 Å². The first-order valence-electron chi connectivity index (χ1n) is 14.0.